The molecule has 1 aromatic carbocycles. The minimum absolute atomic E-state index is 0. The van der Waals surface area contributed by atoms with Gasteiger partial charge in [-0.2, -0.15) is 0 Å². The number of nitrogens with zero attached hydrogens (tertiary/aromatic N) is 2. The molecular weight excluding hydrogens is 347 g/mol. The van der Waals surface area contributed by atoms with E-state index >= 15 is 0 Å². The number of benzene rings is 1. The van der Waals surface area contributed by atoms with Gasteiger partial charge in [-0.05, 0) is 71.3 Å². The summed E-state index contributed by atoms with van der Waals surface area (Å²) in [6.07, 6.45) is 4.62. The first kappa shape index (κ1) is 21.1. The van der Waals surface area contributed by atoms with Crippen LogP contribution in [-0.4, -0.2) is 48.7 Å². The summed E-state index contributed by atoms with van der Waals surface area (Å²) in [7, 11) is 4.28. The molecule has 0 aliphatic heterocycles. The van der Waals surface area contributed by atoms with Crippen molar-refractivity contribution in [1.29, 1.82) is 0 Å². The van der Waals surface area contributed by atoms with Crippen molar-refractivity contribution < 1.29 is 9.90 Å². The highest BCUT2D eigenvalue weighted by molar-refractivity contribution is 6.31. The van der Waals surface area contributed by atoms with E-state index < -0.39 is 5.97 Å². The van der Waals surface area contributed by atoms with Gasteiger partial charge in [-0.25, -0.2) is 4.79 Å². The van der Waals surface area contributed by atoms with Crippen LogP contribution in [-0.2, 0) is 0 Å². The molecule has 1 aliphatic rings. The van der Waals surface area contributed by atoms with Crippen molar-refractivity contribution in [3.8, 4) is 0 Å². The lowest BCUT2D eigenvalue weighted by molar-refractivity contribution is 0.0696. The predicted molar refractivity (Wildman–Crippen MR) is 103 cm³/mol. The first-order chi connectivity index (χ1) is 10.8. The number of aromatic carboxylic acids is 1. The molecule has 1 fully saturated rings. The predicted octanol–water partition coefficient (Wildman–Crippen LogP) is 4.47. The molecule has 0 saturated heterocycles. The van der Waals surface area contributed by atoms with Crippen molar-refractivity contribution in [2.45, 2.75) is 51.6 Å². The minimum Gasteiger partial charge on any atom is -0.478 e. The lowest BCUT2D eigenvalue weighted by Gasteiger charge is -2.40. The van der Waals surface area contributed by atoms with Gasteiger partial charge < -0.3 is 14.9 Å². The molecule has 1 saturated carbocycles. The summed E-state index contributed by atoms with van der Waals surface area (Å²) in [5.41, 5.74) is 2.07. The lowest BCUT2D eigenvalue weighted by Crippen LogP contribution is -2.42. The maximum atomic E-state index is 11.4. The van der Waals surface area contributed by atoms with Crippen LogP contribution in [0.2, 0.25) is 5.02 Å². The highest BCUT2D eigenvalue weighted by atomic mass is 35.5. The van der Waals surface area contributed by atoms with E-state index in [4.69, 9.17) is 11.6 Å². The van der Waals surface area contributed by atoms with Crippen LogP contribution in [0.25, 0.3) is 0 Å². The largest absolute Gasteiger partial charge is 0.478 e. The molecule has 0 spiro atoms. The van der Waals surface area contributed by atoms with Crippen molar-refractivity contribution in [2.24, 2.45) is 0 Å². The average molecular weight is 375 g/mol. The number of carbonyl (C=O) groups is 1. The van der Waals surface area contributed by atoms with E-state index in [-0.39, 0.29) is 12.4 Å². The molecule has 6 heteroatoms. The number of carboxylic acids is 1. The van der Waals surface area contributed by atoms with Crippen LogP contribution in [0.3, 0.4) is 0 Å². The van der Waals surface area contributed by atoms with Crippen molar-refractivity contribution in [2.75, 3.05) is 25.5 Å². The lowest BCUT2D eigenvalue weighted by atomic mass is 9.89. The molecule has 0 radical (unpaired) electrons. The topological polar surface area (TPSA) is 43.8 Å². The number of hydrogen-bond donors (Lipinski definition) is 1. The molecule has 0 unspecified atom stereocenters. The van der Waals surface area contributed by atoms with Crippen LogP contribution in [0.5, 0.6) is 0 Å². The summed E-state index contributed by atoms with van der Waals surface area (Å²) in [5, 5.41) is 9.88. The Kier molecular flexibility index (Phi) is 7.84. The molecule has 0 bridgehead atoms. The molecular formula is C18H28Cl2N2O2. The van der Waals surface area contributed by atoms with Crippen molar-refractivity contribution in [1.82, 2.24) is 4.90 Å². The Hall–Kier alpha value is -0.970. The maximum Gasteiger partial charge on any atom is 0.336 e. The van der Waals surface area contributed by atoms with Gasteiger partial charge in [0.15, 0.2) is 0 Å². The second-order valence-electron chi connectivity index (χ2n) is 6.61. The summed E-state index contributed by atoms with van der Waals surface area (Å²) in [4.78, 5) is 16.1. The fourth-order valence-corrected chi connectivity index (χ4v) is 3.91. The van der Waals surface area contributed by atoms with Crippen LogP contribution >= 0.6 is 24.0 Å². The van der Waals surface area contributed by atoms with E-state index in [1.54, 1.807) is 6.07 Å². The van der Waals surface area contributed by atoms with Crippen molar-refractivity contribution in [3.05, 3.63) is 28.3 Å². The molecule has 0 aromatic heterocycles. The molecule has 136 valence electrons. The van der Waals surface area contributed by atoms with Gasteiger partial charge in [0.1, 0.15) is 0 Å². The van der Waals surface area contributed by atoms with E-state index in [2.05, 4.69) is 30.8 Å². The van der Waals surface area contributed by atoms with Gasteiger partial charge in [0.05, 0.1) is 5.56 Å². The van der Waals surface area contributed by atoms with Gasteiger partial charge in [0.25, 0.3) is 0 Å². The first-order valence-electron chi connectivity index (χ1n) is 8.31. The SMILES string of the molecule is CCN(c1cc(Cl)cc(C(=O)O)c1C)[C@H]1CC[C@H](N(C)C)CC1.Cl. The summed E-state index contributed by atoms with van der Waals surface area (Å²) in [6.45, 7) is 4.86. The molecule has 1 aromatic rings. The number of rotatable bonds is 5. The second kappa shape index (κ2) is 8.93. The minimum atomic E-state index is -0.918. The maximum absolute atomic E-state index is 11.4. The van der Waals surface area contributed by atoms with E-state index in [1.807, 2.05) is 13.0 Å². The fourth-order valence-electron chi connectivity index (χ4n) is 3.70. The zero-order valence-electron chi connectivity index (χ0n) is 14.9. The number of carboxylic acid groups (broad SMARTS) is 1. The van der Waals surface area contributed by atoms with Gasteiger partial charge in [0.2, 0.25) is 0 Å². The van der Waals surface area contributed by atoms with Gasteiger partial charge in [-0.15, -0.1) is 12.4 Å². The van der Waals surface area contributed by atoms with E-state index in [9.17, 15) is 9.90 Å². The van der Waals surface area contributed by atoms with Crippen molar-refractivity contribution in [3.63, 3.8) is 0 Å². The van der Waals surface area contributed by atoms with E-state index in [1.165, 1.54) is 12.8 Å². The average Bonchev–Trinajstić information content (AvgIpc) is 2.51. The Morgan fingerprint density at radius 1 is 1.21 bits per heavy atom. The molecule has 0 heterocycles. The van der Waals surface area contributed by atoms with Gasteiger partial charge in [-0.3, -0.25) is 0 Å². The molecule has 0 amide bonds. The van der Waals surface area contributed by atoms with Crippen molar-refractivity contribution >= 4 is 35.7 Å². The van der Waals surface area contributed by atoms with Gasteiger partial charge in [-0.1, -0.05) is 11.6 Å². The van der Waals surface area contributed by atoms with Crippen LogP contribution < -0.4 is 4.90 Å². The smallest absolute Gasteiger partial charge is 0.336 e. The number of hydrogen-bond acceptors (Lipinski definition) is 3. The zero-order chi connectivity index (χ0) is 17.1. The van der Waals surface area contributed by atoms with Crippen LogP contribution in [0, 0.1) is 6.92 Å². The second-order valence-corrected chi connectivity index (χ2v) is 7.05. The van der Waals surface area contributed by atoms with E-state index in [0.717, 1.165) is 30.6 Å². The third-order valence-electron chi connectivity index (χ3n) is 5.06. The fraction of sp³-hybridized carbons (Fsp3) is 0.611. The summed E-state index contributed by atoms with van der Waals surface area (Å²) < 4.78 is 0. The van der Waals surface area contributed by atoms with Crippen LogP contribution in [0.1, 0.15) is 48.5 Å². The number of halogens is 2. The Morgan fingerprint density at radius 2 is 1.75 bits per heavy atom. The van der Waals surface area contributed by atoms with Gasteiger partial charge >= 0.3 is 5.97 Å². The molecule has 1 N–H and O–H groups in total. The third kappa shape index (κ3) is 4.56. The van der Waals surface area contributed by atoms with E-state index in [0.29, 0.717) is 22.7 Å². The van der Waals surface area contributed by atoms with Crippen LogP contribution in [0.4, 0.5) is 5.69 Å². The quantitative estimate of drug-likeness (QED) is 0.825. The standard InChI is InChI=1S/C18H27ClN2O2.ClH/c1-5-21(15-8-6-14(7-9-15)20(3)4)17-11-13(19)10-16(12(17)2)18(22)23;/h10-11,14-15H,5-9H2,1-4H3,(H,22,23);1H/t14-,15-;. The molecule has 0 atom stereocenters. The third-order valence-corrected chi connectivity index (χ3v) is 5.28. The Balaban J connectivity index is 0.00000288. The highest BCUT2D eigenvalue weighted by Crippen LogP contribution is 2.34. The molecule has 1 aliphatic carbocycles. The first-order valence-corrected chi connectivity index (χ1v) is 8.69. The number of anilines is 1. The Labute approximate surface area is 156 Å². The summed E-state index contributed by atoms with van der Waals surface area (Å²) in [5.74, 6) is -0.918. The molecule has 24 heavy (non-hydrogen) atoms. The zero-order valence-corrected chi connectivity index (χ0v) is 16.5. The summed E-state index contributed by atoms with van der Waals surface area (Å²) >= 11 is 6.17. The Morgan fingerprint density at radius 3 is 2.21 bits per heavy atom. The molecule has 4 nitrogen and oxygen atoms in total. The Bertz CT molecular complexity index is 570. The van der Waals surface area contributed by atoms with Crippen LogP contribution in [0.15, 0.2) is 12.1 Å². The highest BCUT2D eigenvalue weighted by Gasteiger charge is 2.28. The summed E-state index contributed by atoms with van der Waals surface area (Å²) in [6, 6.07) is 4.56. The van der Waals surface area contributed by atoms with Gasteiger partial charge in [0, 0.05) is 29.3 Å². The monoisotopic (exact) mass is 374 g/mol. The normalized spacial score (nSPS) is 20.6. The molecule has 2 rings (SSSR count).